The molecule has 27 heavy (non-hydrogen) atoms. The van der Waals surface area contributed by atoms with Crippen molar-refractivity contribution in [3.05, 3.63) is 48.5 Å². The second-order valence-electron chi connectivity index (χ2n) is 6.96. The molecule has 1 aliphatic rings. The van der Waals surface area contributed by atoms with Crippen molar-refractivity contribution in [2.75, 3.05) is 44.7 Å². The minimum absolute atomic E-state index is 0.864. The summed E-state index contributed by atoms with van der Waals surface area (Å²) in [6.45, 7) is 7.57. The van der Waals surface area contributed by atoms with Crippen LogP contribution in [0.15, 0.2) is 48.5 Å². The Bertz CT molecular complexity index is 934. The molecule has 3 aromatic rings. The molecular weight excluding hydrogens is 353 g/mol. The van der Waals surface area contributed by atoms with Crippen molar-refractivity contribution in [1.29, 1.82) is 0 Å². The largest absolute Gasteiger partial charge is 0.497 e. The average Bonchev–Trinajstić information content (AvgIpc) is 2.73. The fraction of sp³-hybridized carbons (Fsp3) is 0.318. The summed E-state index contributed by atoms with van der Waals surface area (Å²) in [5.41, 5.74) is 2.12. The predicted molar refractivity (Wildman–Crippen MR) is 117 cm³/mol. The lowest BCUT2D eigenvalue weighted by atomic mass is 10.1. The molecule has 2 heterocycles. The summed E-state index contributed by atoms with van der Waals surface area (Å²) < 4.78 is 5.29. The number of anilines is 1. The van der Waals surface area contributed by atoms with Crippen molar-refractivity contribution >= 4 is 31.1 Å². The lowest BCUT2D eigenvalue weighted by molar-refractivity contribution is 0.271. The number of pyridine rings is 1. The lowest BCUT2D eigenvalue weighted by Crippen LogP contribution is -2.46. The molecule has 0 radical (unpaired) electrons. The number of hydrogen-bond donors (Lipinski definition) is 0. The molecule has 0 bridgehead atoms. The molecule has 1 aliphatic heterocycles. The van der Waals surface area contributed by atoms with Crippen LogP contribution in [0.25, 0.3) is 22.0 Å². The van der Waals surface area contributed by atoms with Gasteiger partial charge in [-0.05, 0) is 53.6 Å². The van der Waals surface area contributed by atoms with Gasteiger partial charge in [0.1, 0.15) is 11.6 Å². The number of hydrogen-bond acceptors (Lipinski definition) is 4. The van der Waals surface area contributed by atoms with Crippen LogP contribution in [0.2, 0.25) is 0 Å². The van der Waals surface area contributed by atoms with Crippen LogP contribution in [0, 0.1) is 0 Å². The first-order valence-electron chi connectivity index (χ1n) is 9.50. The van der Waals surface area contributed by atoms with E-state index in [2.05, 4.69) is 62.4 Å². The summed E-state index contributed by atoms with van der Waals surface area (Å²) in [7, 11) is 4.49. The van der Waals surface area contributed by atoms with Crippen LogP contribution in [0.3, 0.4) is 0 Å². The number of likely N-dealkylation sites (N-methyl/N-ethyl adjacent to an activating group) is 1. The van der Waals surface area contributed by atoms with Crippen LogP contribution in [-0.2, 0) is 0 Å². The van der Waals surface area contributed by atoms with Gasteiger partial charge in [-0.1, -0.05) is 19.1 Å². The number of methoxy groups -OCH3 is 1. The molecule has 0 spiro atoms. The zero-order chi connectivity index (χ0) is 18.8. The number of aromatic nitrogens is 1. The third-order valence-corrected chi connectivity index (χ3v) is 5.70. The lowest BCUT2D eigenvalue weighted by Gasteiger charge is -2.35. The highest BCUT2D eigenvalue weighted by Gasteiger charge is 2.20. The van der Waals surface area contributed by atoms with E-state index in [0.29, 0.717) is 0 Å². The van der Waals surface area contributed by atoms with Crippen molar-refractivity contribution in [2.45, 2.75) is 6.92 Å². The Hall–Kier alpha value is -2.16. The topological polar surface area (TPSA) is 28.6 Å². The van der Waals surface area contributed by atoms with Crippen molar-refractivity contribution in [1.82, 2.24) is 9.88 Å². The molecule has 1 atom stereocenters. The molecule has 4 rings (SSSR count). The average molecular weight is 379 g/mol. The van der Waals surface area contributed by atoms with Gasteiger partial charge in [0.15, 0.2) is 0 Å². The van der Waals surface area contributed by atoms with Crippen LogP contribution in [0.5, 0.6) is 5.75 Å². The summed E-state index contributed by atoms with van der Waals surface area (Å²) in [5, 5.41) is 3.65. The minimum Gasteiger partial charge on any atom is -0.497 e. The number of fused-ring (bicyclic) bond motifs is 1. The zero-order valence-corrected chi connectivity index (χ0v) is 17.1. The molecule has 0 N–H and O–H groups in total. The van der Waals surface area contributed by atoms with E-state index in [-0.39, 0.29) is 0 Å². The van der Waals surface area contributed by atoms with E-state index in [1.165, 1.54) is 16.1 Å². The van der Waals surface area contributed by atoms with Gasteiger partial charge in [-0.25, -0.2) is 4.98 Å². The highest BCUT2D eigenvalue weighted by Crippen LogP contribution is 2.31. The van der Waals surface area contributed by atoms with Gasteiger partial charge in [0, 0.05) is 37.1 Å². The number of piperazine rings is 1. The second-order valence-corrected chi connectivity index (χ2v) is 7.63. The summed E-state index contributed by atoms with van der Waals surface area (Å²) in [5.74, 6) is 1.96. The van der Waals surface area contributed by atoms with E-state index in [0.717, 1.165) is 55.5 Å². The molecular formula is C22H26N3OP. The van der Waals surface area contributed by atoms with Gasteiger partial charge in [0.05, 0.1) is 12.8 Å². The Morgan fingerprint density at radius 3 is 2.41 bits per heavy atom. The Balaban J connectivity index is 1.78. The molecule has 2 aromatic carbocycles. The maximum atomic E-state index is 5.29. The first-order valence-corrected chi connectivity index (χ1v) is 10.1. The van der Waals surface area contributed by atoms with E-state index in [9.17, 15) is 0 Å². The van der Waals surface area contributed by atoms with Gasteiger partial charge >= 0.3 is 0 Å². The standard InChI is InChI=1S/C22H26N3OP/c1-3-24-10-12-25(13-11-24)22-20-9-8-19(27)14-17(20)15-21(23-22)16-4-6-18(26-2)7-5-16/h4-9,14-15H,3,10-13,27H2,1-2H3. The van der Waals surface area contributed by atoms with Crippen LogP contribution < -0.4 is 14.9 Å². The van der Waals surface area contributed by atoms with E-state index in [4.69, 9.17) is 9.72 Å². The monoisotopic (exact) mass is 379 g/mol. The first kappa shape index (κ1) is 18.2. The maximum Gasteiger partial charge on any atom is 0.137 e. The Kier molecular flexibility index (Phi) is 5.29. The highest BCUT2D eigenvalue weighted by atomic mass is 31.0. The fourth-order valence-electron chi connectivity index (χ4n) is 3.68. The number of rotatable bonds is 4. The SMILES string of the molecule is CCN1CCN(c2nc(-c3ccc(OC)cc3)cc3cc(P)ccc23)CC1. The minimum atomic E-state index is 0.864. The van der Waals surface area contributed by atoms with Gasteiger partial charge in [-0.15, -0.1) is 9.24 Å². The third kappa shape index (κ3) is 3.78. The molecule has 0 saturated carbocycles. The van der Waals surface area contributed by atoms with E-state index >= 15 is 0 Å². The van der Waals surface area contributed by atoms with Crippen LogP contribution >= 0.6 is 9.24 Å². The van der Waals surface area contributed by atoms with E-state index in [1.54, 1.807) is 7.11 Å². The van der Waals surface area contributed by atoms with Crippen molar-refractivity contribution in [3.63, 3.8) is 0 Å². The number of benzene rings is 2. The molecule has 1 saturated heterocycles. The third-order valence-electron chi connectivity index (χ3n) is 5.34. The van der Waals surface area contributed by atoms with Gasteiger partial charge in [0.25, 0.3) is 0 Å². The molecule has 5 heteroatoms. The summed E-state index contributed by atoms with van der Waals surface area (Å²) in [4.78, 5) is 10.0. The van der Waals surface area contributed by atoms with E-state index < -0.39 is 0 Å². The number of nitrogens with zero attached hydrogens (tertiary/aromatic N) is 3. The summed E-state index contributed by atoms with van der Waals surface area (Å²) in [6.07, 6.45) is 0. The Labute approximate surface area is 163 Å². The van der Waals surface area contributed by atoms with Crippen molar-refractivity contribution in [2.24, 2.45) is 0 Å². The predicted octanol–water partition coefficient (Wildman–Crippen LogP) is 3.55. The molecule has 1 aromatic heterocycles. The first-order chi connectivity index (χ1) is 13.2. The molecule has 1 unspecified atom stereocenters. The molecule has 1 fully saturated rings. The van der Waals surface area contributed by atoms with Crippen molar-refractivity contribution < 1.29 is 4.74 Å². The molecule has 4 nitrogen and oxygen atoms in total. The van der Waals surface area contributed by atoms with Crippen LogP contribution in [0.1, 0.15) is 6.92 Å². The summed E-state index contributed by atoms with van der Waals surface area (Å²) >= 11 is 0. The fourth-order valence-corrected chi connectivity index (χ4v) is 3.96. The zero-order valence-electron chi connectivity index (χ0n) is 16.0. The molecule has 0 amide bonds. The van der Waals surface area contributed by atoms with Crippen LogP contribution in [-0.4, -0.2) is 49.7 Å². The molecule has 0 aliphatic carbocycles. The smallest absolute Gasteiger partial charge is 0.137 e. The van der Waals surface area contributed by atoms with Crippen LogP contribution in [0.4, 0.5) is 5.82 Å². The Morgan fingerprint density at radius 2 is 1.74 bits per heavy atom. The maximum absolute atomic E-state index is 5.29. The highest BCUT2D eigenvalue weighted by molar-refractivity contribution is 7.27. The Morgan fingerprint density at radius 1 is 1.00 bits per heavy atom. The van der Waals surface area contributed by atoms with Gasteiger partial charge in [-0.2, -0.15) is 0 Å². The van der Waals surface area contributed by atoms with Crippen molar-refractivity contribution in [3.8, 4) is 17.0 Å². The molecule has 140 valence electrons. The summed E-state index contributed by atoms with van der Waals surface area (Å²) in [6, 6.07) is 16.9. The van der Waals surface area contributed by atoms with Gasteiger partial charge in [0.2, 0.25) is 0 Å². The number of ether oxygens (including phenoxy) is 1. The quantitative estimate of drug-likeness (QED) is 0.648. The normalized spacial score (nSPS) is 15.3. The van der Waals surface area contributed by atoms with Gasteiger partial charge in [-0.3, -0.25) is 0 Å². The second kappa shape index (κ2) is 7.84. The van der Waals surface area contributed by atoms with E-state index in [1.807, 2.05) is 12.1 Å². The van der Waals surface area contributed by atoms with Gasteiger partial charge < -0.3 is 14.5 Å².